The fraction of sp³-hybridized carbons (Fsp3) is 1.00. The van der Waals surface area contributed by atoms with Gasteiger partial charge in [-0.1, -0.05) is 0 Å². The molecule has 2 atom stereocenters. The molecule has 1 heterocycles. The molecule has 10 heavy (non-hydrogen) atoms. The lowest BCUT2D eigenvalue weighted by molar-refractivity contribution is -0.103. The largest absolute Gasteiger partial charge is 0.393 e. The molecular formula is C8H14O2. The lowest BCUT2D eigenvalue weighted by Gasteiger charge is -2.31. The number of ether oxygens (including phenoxy) is 1. The second-order valence-electron chi connectivity index (χ2n) is 3.71. The molecule has 2 rings (SSSR count). The summed E-state index contributed by atoms with van der Waals surface area (Å²) in [7, 11) is 0. The zero-order valence-electron chi connectivity index (χ0n) is 6.34. The van der Waals surface area contributed by atoms with E-state index >= 15 is 0 Å². The van der Waals surface area contributed by atoms with Gasteiger partial charge in [0.25, 0.3) is 0 Å². The fourth-order valence-corrected chi connectivity index (χ4v) is 1.88. The average Bonchev–Trinajstić information content (AvgIpc) is 2.44. The molecule has 0 aromatic rings. The molecule has 1 aliphatic heterocycles. The van der Waals surface area contributed by atoms with Gasteiger partial charge in [-0.25, -0.2) is 0 Å². The third-order valence-corrected chi connectivity index (χ3v) is 2.47. The number of aliphatic hydroxyl groups excluding tert-OH is 1. The average molecular weight is 142 g/mol. The highest BCUT2D eigenvalue weighted by Gasteiger charge is 2.49. The molecular weight excluding hydrogens is 128 g/mol. The molecule has 2 fully saturated rings. The summed E-state index contributed by atoms with van der Waals surface area (Å²) < 4.78 is 5.70. The molecule has 0 aromatic heterocycles. The lowest BCUT2D eigenvalue weighted by atomic mass is 10.0. The van der Waals surface area contributed by atoms with Gasteiger partial charge in [0.05, 0.1) is 17.8 Å². The van der Waals surface area contributed by atoms with Crippen LogP contribution in [0.1, 0.15) is 32.6 Å². The van der Waals surface area contributed by atoms with E-state index in [2.05, 4.69) is 0 Å². The Labute approximate surface area is 61.2 Å². The minimum atomic E-state index is -0.105. The first-order valence-electron chi connectivity index (χ1n) is 4.06. The van der Waals surface area contributed by atoms with Crippen LogP contribution >= 0.6 is 0 Å². The molecule has 0 bridgehead atoms. The number of rotatable bonds is 0. The predicted octanol–water partition coefficient (Wildman–Crippen LogP) is 1.08. The normalized spacial score (nSPS) is 43.8. The van der Waals surface area contributed by atoms with Gasteiger partial charge in [-0.3, -0.25) is 0 Å². The van der Waals surface area contributed by atoms with Crippen LogP contribution in [0.15, 0.2) is 0 Å². The molecule has 2 heteroatoms. The smallest absolute Gasteiger partial charge is 0.0712 e. The van der Waals surface area contributed by atoms with E-state index < -0.39 is 0 Å². The first kappa shape index (κ1) is 6.62. The molecule has 2 nitrogen and oxygen atoms in total. The Hall–Kier alpha value is -0.0800. The van der Waals surface area contributed by atoms with Crippen molar-refractivity contribution in [3.8, 4) is 0 Å². The maximum Gasteiger partial charge on any atom is 0.0712 e. The Bertz CT molecular complexity index is 128. The van der Waals surface area contributed by atoms with Gasteiger partial charge in [-0.15, -0.1) is 0 Å². The Morgan fingerprint density at radius 2 is 2.20 bits per heavy atom. The molecule has 1 spiro atoms. The van der Waals surface area contributed by atoms with Crippen LogP contribution in [0.3, 0.4) is 0 Å². The summed E-state index contributed by atoms with van der Waals surface area (Å²) in [5.74, 6) is 0. The number of hydrogen-bond acceptors (Lipinski definition) is 2. The van der Waals surface area contributed by atoms with Crippen LogP contribution in [0, 0.1) is 0 Å². The van der Waals surface area contributed by atoms with E-state index in [1.807, 2.05) is 6.92 Å². The van der Waals surface area contributed by atoms with Crippen molar-refractivity contribution in [2.45, 2.75) is 50.4 Å². The van der Waals surface area contributed by atoms with Crippen LogP contribution < -0.4 is 0 Å². The molecule has 2 aliphatic rings. The lowest BCUT2D eigenvalue weighted by Crippen LogP contribution is -2.35. The van der Waals surface area contributed by atoms with Crippen molar-refractivity contribution in [1.82, 2.24) is 0 Å². The SMILES string of the molecule is CC1CC(O)CC2(CC2)O1. The van der Waals surface area contributed by atoms with Crippen molar-refractivity contribution < 1.29 is 9.84 Å². The van der Waals surface area contributed by atoms with Crippen molar-refractivity contribution >= 4 is 0 Å². The van der Waals surface area contributed by atoms with Crippen LogP contribution in [0.5, 0.6) is 0 Å². The standard InChI is InChI=1S/C8H14O2/c1-6-4-7(9)5-8(10-6)2-3-8/h6-7,9H,2-5H2,1H3. The summed E-state index contributed by atoms with van der Waals surface area (Å²) in [6.45, 7) is 2.04. The Balaban J connectivity index is 2.00. The summed E-state index contributed by atoms with van der Waals surface area (Å²) in [4.78, 5) is 0. The maximum atomic E-state index is 9.38. The summed E-state index contributed by atoms with van der Waals surface area (Å²) >= 11 is 0. The van der Waals surface area contributed by atoms with Gasteiger partial charge in [0.15, 0.2) is 0 Å². The topological polar surface area (TPSA) is 29.5 Å². The van der Waals surface area contributed by atoms with E-state index in [0.717, 1.165) is 25.7 Å². The molecule has 58 valence electrons. The minimum absolute atomic E-state index is 0.105. The van der Waals surface area contributed by atoms with E-state index in [9.17, 15) is 5.11 Å². The first-order valence-corrected chi connectivity index (χ1v) is 4.06. The maximum absolute atomic E-state index is 9.38. The van der Waals surface area contributed by atoms with E-state index in [4.69, 9.17) is 4.74 Å². The summed E-state index contributed by atoms with van der Waals surface area (Å²) in [6.07, 6.45) is 4.18. The highest BCUT2D eigenvalue weighted by molar-refractivity contribution is 5.00. The number of hydrogen-bond donors (Lipinski definition) is 1. The third kappa shape index (κ3) is 1.06. The second-order valence-corrected chi connectivity index (χ2v) is 3.71. The molecule has 1 N–H and O–H groups in total. The predicted molar refractivity (Wildman–Crippen MR) is 37.8 cm³/mol. The molecule has 0 radical (unpaired) electrons. The summed E-state index contributed by atoms with van der Waals surface area (Å²) in [5.41, 5.74) is 0.122. The van der Waals surface area contributed by atoms with Crippen LogP contribution in [0.2, 0.25) is 0 Å². The Morgan fingerprint density at radius 3 is 2.70 bits per heavy atom. The van der Waals surface area contributed by atoms with E-state index in [0.29, 0.717) is 0 Å². The van der Waals surface area contributed by atoms with E-state index in [1.54, 1.807) is 0 Å². The van der Waals surface area contributed by atoms with Crippen LogP contribution in [0.25, 0.3) is 0 Å². The third-order valence-electron chi connectivity index (χ3n) is 2.47. The molecule has 1 saturated heterocycles. The quantitative estimate of drug-likeness (QED) is 0.548. The zero-order valence-corrected chi connectivity index (χ0v) is 6.34. The highest BCUT2D eigenvalue weighted by atomic mass is 16.5. The van der Waals surface area contributed by atoms with E-state index in [1.165, 1.54) is 0 Å². The van der Waals surface area contributed by atoms with Crippen molar-refractivity contribution in [1.29, 1.82) is 0 Å². The summed E-state index contributed by atoms with van der Waals surface area (Å²) in [5, 5.41) is 9.38. The molecule has 1 aliphatic carbocycles. The number of aliphatic hydroxyl groups is 1. The van der Waals surface area contributed by atoms with Crippen molar-refractivity contribution in [3.63, 3.8) is 0 Å². The molecule has 1 saturated carbocycles. The van der Waals surface area contributed by atoms with Crippen molar-refractivity contribution in [2.75, 3.05) is 0 Å². The zero-order chi connectivity index (χ0) is 7.19. The van der Waals surface area contributed by atoms with E-state index in [-0.39, 0.29) is 17.8 Å². The van der Waals surface area contributed by atoms with Crippen LogP contribution in [0.4, 0.5) is 0 Å². The van der Waals surface area contributed by atoms with Gasteiger partial charge in [0.1, 0.15) is 0 Å². The fourth-order valence-electron chi connectivity index (χ4n) is 1.88. The molecule has 0 amide bonds. The first-order chi connectivity index (χ1) is 4.70. The monoisotopic (exact) mass is 142 g/mol. The Kier molecular flexibility index (Phi) is 1.29. The van der Waals surface area contributed by atoms with Crippen molar-refractivity contribution in [2.24, 2.45) is 0 Å². The molecule has 0 aromatic carbocycles. The van der Waals surface area contributed by atoms with Gasteiger partial charge >= 0.3 is 0 Å². The van der Waals surface area contributed by atoms with Gasteiger partial charge in [0.2, 0.25) is 0 Å². The van der Waals surface area contributed by atoms with Crippen LogP contribution in [-0.2, 0) is 4.74 Å². The summed E-state index contributed by atoms with van der Waals surface area (Å²) in [6, 6.07) is 0. The van der Waals surface area contributed by atoms with Crippen molar-refractivity contribution in [3.05, 3.63) is 0 Å². The van der Waals surface area contributed by atoms with Gasteiger partial charge in [-0.2, -0.15) is 0 Å². The van der Waals surface area contributed by atoms with Gasteiger partial charge in [-0.05, 0) is 26.2 Å². The Morgan fingerprint density at radius 1 is 1.50 bits per heavy atom. The van der Waals surface area contributed by atoms with Gasteiger partial charge in [0, 0.05) is 6.42 Å². The van der Waals surface area contributed by atoms with Crippen LogP contribution in [-0.4, -0.2) is 22.9 Å². The highest BCUT2D eigenvalue weighted by Crippen LogP contribution is 2.47. The molecule has 2 unspecified atom stereocenters. The second kappa shape index (κ2) is 1.95. The van der Waals surface area contributed by atoms with Gasteiger partial charge < -0.3 is 9.84 Å². The minimum Gasteiger partial charge on any atom is -0.393 e.